The Morgan fingerprint density at radius 1 is 1.19 bits per heavy atom. The predicted octanol–water partition coefficient (Wildman–Crippen LogP) is 4.27. The van der Waals surface area contributed by atoms with Gasteiger partial charge in [-0.15, -0.1) is 0 Å². The summed E-state index contributed by atoms with van der Waals surface area (Å²) >= 11 is 0. The molecule has 1 aromatic carbocycles. The van der Waals surface area contributed by atoms with Gasteiger partial charge < -0.3 is 14.5 Å². The highest BCUT2D eigenvalue weighted by Gasteiger charge is 2.23. The molecule has 1 atom stereocenters. The van der Waals surface area contributed by atoms with Crippen LogP contribution in [0.3, 0.4) is 0 Å². The number of piperidine rings is 1. The van der Waals surface area contributed by atoms with E-state index in [4.69, 9.17) is 9.47 Å². The molecule has 5 nitrogen and oxygen atoms in total. The number of aryl methyl sites for hydroxylation is 1. The van der Waals surface area contributed by atoms with Gasteiger partial charge in [-0.1, -0.05) is 0 Å². The Hall–Kier alpha value is -2.53. The molecule has 1 aliphatic rings. The summed E-state index contributed by atoms with van der Waals surface area (Å²) in [6.45, 7) is 5.26. The number of aromatic nitrogens is 2. The lowest BCUT2D eigenvalue weighted by molar-refractivity contribution is 0.198. The highest BCUT2D eigenvalue weighted by molar-refractivity contribution is 5.76. The van der Waals surface area contributed by atoms with Crippen LogP contribution in [0.4, 0.5) is 0 Å². The summed E-state index contributed by atoms with van der Waals surface area (Å²) in [4.78, 5) is 10.5. The van der Waals surface area contributed by atoms with Crippen molar-refractivity contribution in [3.05, 3.63) is 53.3 Å². The Labute approximate surface area is 160 Å². The third kappa shape index (κ3) is 3.65. The number of pyridine rings is 1. The average Bonchev–Trinajstić information content (AvgIpc) is 3.14. The van der Waals surface area contributed by atoms with Crippen LogP contribution in [0.25, 0.3) is 11.0 Å². The second-order valence-electron chi connectivity index (χ2n) is 7.37. The zero-order valence-electron chi connectivity index (χ0n) is 16.3. The van der Waals surface area contributed by atoms with Crippen molar-refractivity contribution in [1.82, 2.24) is 14.9 Å². The molecule has 27 heavy (non-hydrogen) atoms. The second-order valence-corrected chi connectivity index (χ2v) is 7.37. The molecule has 0 amide bonds. The number of aromatic amines is 1. The maximum atomic E-state index is 5.49. The maximum absolute atomic E-state index is 5.49. The van der Waals surface area contributed by atoms with Crippen LogP contribution in [0.5, 0.6) is 11.5 Å². The molecule has 1 N–H and O–H groups in total. The first-order chi connectivity index (χ1) is 13.2. The molecule has 0 spiro atoms. The standard InChI is InChI=1S/C22H27N3O2/c1-15-10-20(26-2)21(27-3)12-18(15)14-25-9-5-7-17(13-25)19-11-16-6-4-8-23-22(16)24-19/h4,6,8,10-12,17H,5,7,9,13-14H2,1-3H3,(H,23,24)/t17-/m1/s1. The van der Waals surface area contributed by atoms with Crippen molar-refractivity contribution in [2.45, 2.75) is 32.2 Å². The number of nitrogens with zero attached hydrogens (tertiary/aromatic N) is 2. The molecule has 3 aromatic rings. The summed E-state index contributed by atoms with van der Waals surface area (Å²) < 4.78 is 10.9. The molecular formula is C22H27N3O2. The predicted molar refractivity (Wildman–Crippen MR) is 108 cm³/mol. The van der Waals surface area contributed by atoms with E-state index in [1.807, 2.05) is 12.3 Å². The molecule has 1 saturated heterocycles. The molecule has 0 aliphatic carbocycles. The van der Waals surface area contributed by atoms with Crippen LogP contribution in [0.15, 0.2) is 36.5 Å². The maximum Gasteiger partial charge on any atom is 0.161 e. The highest BCUT2D eigenvalue weighted by Crippen LogP contribution is 2.33. The van der Waals surface area contributed by atoms with Gasteiger partial charge in [-0.25, -0.2) is 4.98 Å². The van der Waals surface area contributed by atoms with Crippen LogP contribution in [0.1, 0.15) is 35.6 Å². The van der Waals surface area contributed by atoms with Gasteiger partial charge in [0.2, 0.25) is 0 Å². The van der Waals surface area contributed by atoms with Gasteiger partial charge in [-0.2, -0.15) is 0 Å². The Kier molecular flexibility index (Phi) is 5.03. The molecule has 142 valence electrons. The van der Waals surface area contributed by atoms with E-state index in [9.17, 15) is 0 Å². The number of H-pyrrole nitrogens is 1. The third-order valence-corrected chi connectivity index (χ3v) is 5.59. The van der Waals surface area contributed by atoms with Crippen molar-refractivity contribution in [3.63, 3.8) is 0 Å². The number of ether oxygens (including phenoxy) is 2. The van der Waals surface area contributed by atoms with Gasteiger partial charge >= 0.3 is 0 Å². The molecule has 1 fully saturated rings. The van der Waals surface area contributed by atoms with Crippen molar-refractivity contribution < 1.29 is 9.47 Å². The van der Waals surface area contributed by atoms with Crippen LogP contribution in [0, 0.1) is 6.92 Å². The van der Waals surface area contributed by atoms with Crippen molar-refractivity contribution in [2.24, 2.45) is 0 Å². The van der Waals surface area contributed by atoms with Gasteiger partial charge in [0.1, 0.15) is 5.65 Å². The van der Waals surface area contributed by atoms with Gasteiger partial charge in [-0.3, -0.25) is 4.90 Å². The number of rotatable bonds is 5. The van der Waals surface area contributed by atoms with E-state index in [0.29, 0.717) is 5.92 Å². The zero-order chi connectivity index (χ0) is 18.8. The van der Waals surface area contributed by atoms with Gasteiger partial charge in [0.15, 0.2) is 11.5 Å². The van der Waals surface area contributed by atoms with Gasteiger partial charge in [-0.05, 0) is 67.8 Å². The fourth-order valence-electron chi connectivity index (χ4n) is 4.09. The van der Waals surface area contributed by atoms with Crippen molar-refractivity contribution in [1.29, 1.82) is 0 Å². The molecule has 0 bridgehead atoms. The SMILES string of the molecule is COc1cc(C)c(CN2CCC[C@@H](c3cc4cccnc4[nH]3)C2)cc1OC. The van der Waals surface area contributed by atoms with Gasteiger partial charge in [0, 0.05) is 36.3 Å². The van der Waals surface area contributed by atoms with E-state index >= 15 is 0 Å². The molecule has 5 heteroatoms. The minimum atomic E-state index is 0.522. The van der Waals surface area contributed by atoms with Crippen molar-refractivity contribution >= 4 is 11.0 Å². The van der Waals surface area contributed by atoms with Crippen LogP contribution >= 0.6 is 0 Å². The molecule has 1 aliphatic heterocycles. The summed E-state index contributed by atoms with van der Waals surface area (Å²) in [5.41, 5.74) is 4.83. The summed E-state index contributed by atoms with van der Waals surface area (Å²) in [6, 6.07) is 10.6. The summed E-state index contributed by atoms with van der Waals surface area (Å²) in [5, 5.41) is 1.19. The minimum absolute atomic E-state index is 0.522. The van der Waals surface area contributed by atoms with Crippen molar-refractivity contribution in [3.8, 4) is 11.5 Å². The Bertz CT molecular complexity index is 901. The quantitative estimate of drug-likeness (QED) is 0.734. The fourth-order valence-corrected chi connectivity index (χ4v) is 4.09. The Morgan fingerprint density at radius 3 is 2.78 bits per heavy atom. The highest BCUT2D eigenvalue weighted by atomic mass is 16.5. The molecule has 0 unspecified atom stereocenters. The summed E-state index contributed by atoms with van der Waals surface area (Å²) in [7, 11) is 3.37. The lowest BCUT2D eigenvalue weighted by atomic mass is 9.94. The number of benzene rings is 1. The molecule has 2 aromatic heterocycles. The third-order valence-electron chi connectivity index (χ3n) is 5.59. The number of methoxy groups -OCH3 is 2. The van der Waals surface area contributed by atoms with Crippen LogP contribution in [-0.4, -0.2) is 42.2 Å². The second kappa shape index (κ2) is 7.61. The van der Waals surface area contributed by atoms with E-state index in [-0.39, 0.29) is 0 Å². The molecule has 0 saturated carbocycles. The van der Waals surface area contributed by atoms with E-state index in [0.717, 1.165) is 36.8 Å². The Morgan fingerprint density at radius 2 is 2.00 bits per heavy atom. The topological polar surface area (TPSA) is 50.4 Å². The normalized spacial score (nSPS) is 18.0. The number of nitrogens with one attached hydrogen (secondary N) is 1. The first-order valence-corrected chi connectivity index (χ1v) is 9.55. The summed E-state index contributed by atoms with van der Waals surface area (Å²) in [5.74, 6) is 2.11. The first-order valence-electron chi connectivity index (χ1n) is 9.55. The monoisotopic (exact) mass is 365 g/mol. The van der Waals surface area contributed by atoms with Gasteiger partial charge in [0.05, 0.1) is 14.2 Å². The van der Waals surface area contributed by atoms with E-state index in [1.54, 1.807) is 14.2 Å². The van der Waals surface area contributed by atoms with Crippen LogP contribution < -0.4 is 9.47 Å². The average molecular weight is 365 g/mol. The van der Waals surface area contributed by atoms with E-state index in [1.165, 1.54) is 35.0 Å². The lowest BCUT2D eigenvalue weighted by Gasteiger charge is -2.32. The van der Waals surface area contributed by atoms with Crippen LogP contribution in [0.2, 0.25) is 0 Å². The smallest absolute Gasteiger partial charge is 0.161 e. The number of fused-ring (bicyclic) bond motifs is 1. The first kappa shape index (κ1) is 17.9. The Balaban J connectivity index is 1.52. The largest absolute Gasteiger partial charge is 0.493 e. The number of hydrogen-bond acceptors (Lipinski definition) is 4. The fraction of sp³-hybridized carbons (Fsp3) is 0.409. The van der Waals surface area contributed by atoms with Crippen LogP contribution in [-0.2, 0) is 6.54 Å². The van der Waals surface area contributed by atoms with Gasteiger partial charge in [0.25, 0.3) is 0 Å². The summed E-state index contributed by atoms with van der Waals surface area (Å²) in [6.07, 6.45) is 4.27. The lowest BCUT2D eigenvalue weighted by Crippen LogP contribution is -2.34. The zero-order valence-corrected chi connectivity index (χ0v) is 16.3. The van der Waals surface area contributed by atoms with E-state index < -0.39 is 0 Å². The van der Waals surface area contributed by atoms with Crippen molar-refractivity contribution in [2.75, 3.05) is 27.3 Å². The molecular weight excluding hydrogens is 338 g/mol. The molecule has 0 radical (unpaired) electrons. The molecule has 4 rings (SSSR count). The van der Waals surface area contributed by atoms with E-state index in [2.05, 4.69) is 46.1 Å². The minimum Gasteiger partial charge on any atom is -0.493 e. The number of likely N-dealkylation sites (tertiary alicyclic amines) is 1. The molecule has 3 heterocycles. The number of hydrogen-bond donors (Lipinski definition) is 1.